The third-order valence-corrected chi connectivity index (χ3v) is 6.40. The molecule has 2 heterocycles. The standard InChI is InChI=1S/C28H27NO4/c1-19-23-12-13-26-25(27(23)33-28(30)24(19)16-21-6-4-3-5-7-21)17-29(18-32-26)15-14-20-8-10-22(31-2)11-9-20/h3-13H,14-18H2,1-2H3. The van der Waals surface area contributed by atoms with E-state index >= 15 is 0 Å². The Morgan fingerprint density at radius 1 is 0.970 bits per heavy atom. The van der Waals surface area contributed by atoms with Crippen LogP contribution in [0.5, 0.6) is 11.5 Å². The highest BCUT2D eigenvalue weighted by Crippen LogP contribution is 2.34. The average Bonchev–Trinajstić information content (AvgIpc) is 2.86. The van der Waals surface area contributed by atoms with Gasteiger partial charge in [-0.1, -0.05) is 42.5 Å². The summed E-state index contributed by atoms with van der Waals surface area (Å²) < 4.78 is 17.2. The zero-order valence-corrected chi connectivity index (χ0v) is 19.0. The maximum Gasteiger partial charge on any atom is 0.340 e. The van der Waals surface area contributed by atoms with Crippen molar-refractivity contribution in [2.24, 2.45) is 0 Å². The van der Waals surface area contributed by atoms with Crippen LogP contribution in [0.4, 0.5) is 0 Å². The van der Waals surface area contributed by atoms with Gasteiger partial charge in [-0.2, -0.15) is 0 Å². The van der Waals surface area contributed by atoms with E-state index in [0.717, 1.165) is 46.5 Å². The smallest absolute Gasteiger partial charge is 0.340 e. The van der Waals surface area contributed by atoms with Gasteiger partial charge in [-0.3, -0.25) is 4.90 Å². The third kappa shape index (κ3) is 4.37. The molecule has 5 rings (SSSR count). The van der Waals surface area contributed by atoms with E-state index in [1.165, 1.54) is 5.56 Å². The maximum atomic E-state index is 13.0. The molecule has 0 aliphatic carbocycles. The molecule has 3 aromatic carbocycles. The molecule has 0 spiro atoms. The van der Waals surface area contributed by atoms with Crippen molar-refractivity contribution in [1.82, 2.24) is 4.90 Å². The van der Waals surface area contributed by atoms with Gasteiger partial charge in [0, 0.05) is 30.5 Å². The van der Waals surface area contributed by atoms with Crippen molar-refractivity contribution in [2.75, 3.05) is 20.4 Å². The van der Waals surface area contributed by atoms with Crippen molar-refractivity contribution in [3.8, 4) is 11.5 Å². The highest BCUT2D eigenvalue weighted by atomic mass is 16.5. The Balaban J connectivity index is 1.40. The van der Waals surface area contributed by atoms with Gasteiger partial charge in [0.15, 0.2) is 0 Å². The molecule has 0 N–H and O–H groups in total. The van der Waals surface area contributed by atoms with Crippen molar-refractivity contribution < 1.29 is 13.9 Å². The van der Waals surface area contributed by atoms with E-state index in [4.69, 9.17) is 13.9 Å². The second kappa shape index (κ2) is 9.12. The summed E-state index contributed by atoms with van der Waals surface area (Å²) in [5.41, 5.74) is 5.34. The van der Waals surface area contributed by atoms with Crippen LogP contribution in [-0.2, 0) is 19.4 Å². The molecule has 0 fully saturated rings. The number of ether oxygens (including phenoxy) is 2. The SMILES string of the molecule is COc1ccc(CCN2COc3ccc4c(C)c(Cc5ccccc5)c(=O)oc4c3C2)cc1. The van der Waals surface area contributed by atoms with E-state index < -0.39 is 0 Å². The normalized spacial score (nSPS) is 13.5. The first-order valence-electron chi connectivity index (χ1n) is 11.2. The summed E-state index contributed by atoms with van der Waals surface area (Å²) >= 11 is 0. The summed E-state index contributed by atoms with van der Waals surface area (Å²) in [4.78, 5) is 15.2. The van der Waals surface area contributed by atoms with Crippen LogP contribution >= 0.6 is 0 Å². The van der Waals surface area contributed by atoms with Gasteiger partial charge in [0.2, 0.25) is 0 Å². The Labute approximate surface area is 193 Å². The van der Waals surface area contributed by atoms with Gasteiger partial charge >= 0.3 is 5.63 Å². The van der Waals surface area contributed by atoms with Gasteiger partial charge < -0.3 is 13.9 Å². The Hall–Kier alpha value is -3.57. The van der Waals surface area contributed by atoms with Crippen LogP contribution in [0, 0.1) is 6.92 Å². The Morgan fingerprint density at radius 3 is 2.52 bits per heavy atom. The molecule has 0 amide bonds. The second-order valence-electron chi connectivity index (χ2n) is 8.50. The van der Waals surface area contributed by atoms with Gasteiger partial charge in [-0.25, -0.2) is 4.79 Å². The number of hydrogen-bond donors (Lipinski definition) is 0. The lowest BCUT2D eigenvalue weighted by atomic mass is 9.97. The Morgan fingerprint density at radius 2 is 1.76 bits per heavy atom. The number of aryl methyl sites for hydroxylation is 1. The molecule has 5 heteroatoms. The number of methoxy groups -OCH3 is 1. The highest BCUT2D eigenvalue weighted by Gasteiger charge is 2.23. The van der Waals surface area contributed by atoms with E-state index in [2.05, 4.69) is 17.0 Å². The Bertz CT molecular complexity index is 1330. The fourth-order valence-electron chi connectivity index (χ4n) is 4.43. The number of fused-ring (bicyclic) bond motifs is 3. The van der Waals surface area contributed by atoms with Crippen molar-refractivity contribution in [3.05, 3.63) is 105 Å². The third-order valence-electron chi connectivity index (χ3n) is 6.40. The molecule has 0 atom stereocenters. The fraction of sp³-hybridized carbons (Fsp3) is 0.250. The number of nitrogens with zero attached hydrogens (tertiary/aromatic N) is 1. The van der Waals surface area contributed by atoms with Crippen LogP contribution in [0.15, 0.2) is 75.9 Å². The second-order valence-corrected chi connectivity index (χ2v) is 8.50. The quantitative estimate of drug-likeness (QED) is 0.390. The first kappa shape index (κ1) is 21.3. The molecule has 0 bridgehead atoms. The summed E-state index contributed by atoms with van der Waals surface area (Å²) in [6, 6.07) is 22.2. The number of hydrogen-bond acceptors (Lipinski definition) is 5. The minimum Gasteiger partial charge on any atom is -0.497 e. The maximum absolute atomic E-state index is 13.0. The molecule has 0 unspecified atom stereocenters. The van der Waals surface area contributed by atoms with Crippen molar-refractivity contribution in [1.29, 1.82) is 0 Å². The first-order chi connectivity index (χ1) is 16.1. The zero-order valence-electron chi connectivity index (χ0n) is 19.0. The zero-order chi connectivity index (χ0) is 22.8. The van der Waals surface area contributed by atoms with Crippen LogP contribution in [-0.4, -0.2) is 25.3 Å². The largest absolute Gasteiger partial charge is 0.497 e. The van der Waals surface area contributed by atoms with Gasteiger partial charge in [0.1, 0.15) is 23.8 Å². The number of rotatable bonds is 6. The molecular formula is C28H27NO4. The first-order valence-corrected chi connectivity index (χ1v) is 11.2. The predicted octanol–water partition coefficient (Wildman–Crippen LogP) is 5.10. The molecule has 1 aromatic heterocycles. The average molecular weight is 442 g/mol. The van der Waals surface area contributed by atoms with Gasteiger partial charge in [0.25, 0.3) is 0 Å². The van der Waals surface area contributed by atoms with Crippen LogP contribution in [0.2, 0.25) is 0 Å². The highest BCUT2D eigenvalue weighted by molar-refractivity contribution is 5.86. The molecule has 5 nitrogen and oxygen atoms in total. The molecule has 168 valence electrons. The molecular weight excluding hydrogens is 414 g/mol. The molecule has 0 saturated carbocycles. The number of benzene rings is 3. The van der Waals surface area contributed by atoms with Crippen LogP contribution in [0.3, 0.4) is 0 Å². The van der Waals surface area contributed by atoms with E-state index in [1.807, 2.05) is 61.5 Å². The van der Waals surface area contributed by atoms with E-state index in [-0.39, 0.29) is 5.63 Å². The summed E-state index contributed by atoms with van der Waals surface area (Å²) in [5.74, 6) is 1.65. The van der Waals surface area contributed by atoms with Crippen LogP contribution < -0.4 is 15.1 Å². The predicted molar refractivity (Wildman–Crippen MR) is 129 cm³/mol. The molecule has 1 aliphatic heterocycles. The van der Waals surface area contributed by atoms with Crippen LogP contribution in [0.25, 0.3) is 11.0 Å². The fourth-order valence-corrected chi connectivity index (χ4v) is 4.43. The van der Waals surface area contributed by atoms with Crippen molar-refractivity contribution >= 4 is 11.0 Å². The van der Waals surface area contributed by atoms with Gasteiger partial charge in [0.05, 0.1) is 12.7 Å². The Kier molecular flexibility index (Phi) is 5.88. The van der Waals surface area contributed by atoms with Gasteiger partial charge in [-0.05, 0) is 54.3 Å². The van der Waals surface area contributed by atoms with E-state index in [0.29, 0.717) is 30.8 Å². The molecule has 33 heavy (non-hydrogen) atoms. The molecule has 0 saturated heterocycles. The topological polar surface area (TPSA) is 51.9 Å². The summed E-state index contributed by atoms with van der Waals surface area (Å²) in [6.45, 7) is 4.06. The minimum atomic E-state index is -0.271. The minimum absolute atomic E-state index is 0.271. The van der Waals surface area contributed by atoms with Crippen molar-refractivity contribution in [2.45, 2.75) is 26.3 Å². The summed E-state index contributed by atoms with van der Waals surface area (Å²) in [7, 11) is 1.67. The van der Waals surface area contributed by atoms with Gasteiger partial charge in [-0.15, -0.1) is 0 Å². The van der Waals surface area contributed by atoms with Crippen molar-refractivity contribution in [3.63, 3.8) is 0 Å². The molecule has 1 aliphatic rings. The molecule has 4 aromatic rings. The monoisotopic (exact) mass is 441 g/mol. The summed E-state index contributed by atoms with van der Waals surface area (Å²) in [5, 5.41) is 0.972. The van der Waals surface area contributed by atoms with E-state index in [9.17, 15) is 4.79 Å². The summed E-state index contributed by atoms with van der Waals surface area (Å²) in [6.07, 6.45) is 1.46. The van der Waals surface area contributed by atoms with Crippen LogP contribution in [0.1, 0.15) is 27.8 Å². The lowest BCUT2D eigenvalue weighted by molar-refractivity contribution is 0.0967. The van der Waals surface area contributed by atoms with E-state index in [1.54, 1.807) is 7.11 Å². The lowest BCUT2D eigenvalue weighted by Gasteiger charge is -2.29. The molecule has 0 radical (unpaired) electrons. The lowest BCUT2D eigenvalue weighted by Crippen LogP contribution is -2.33.